The molecule has 1 aliphatic carbocycles. The molecule has 1 fully saturated rings. The summed E-state index contributed by atoms with van der Waals surface area (Å²) in [6, 6.07) is 0.549. The lowest BCUT2D eigenvalue weighted by Gasteiger charge is -2.20. The molecule has 0 heterocycles. The third-order valence-electron chi connectivity index (χ3n) is 3.00. The smallest absolute Gasteiger partial charge is 0.0348 e. The molecule has 1 atom stereocenters. The van der Waals surface area contributed by atoms with Gasteiger partial charge in [0.1, 0.15) is 0 Å². The Bertz CT molecular complexity index is 188. The average molecular weight is 231 g/mol. The van der Waals surface area contributed by atoms with E-state index in [4.69, 9.17) is 0 Å². The van der Waals surface area contributed by atoms with Gasteiger partial charge in [-0.1, -0.05) is 33.1 Å². The standard InChI is InChI=1S/C12H25NOS/c1-11(2)13-9-6-10-15(14)12-7-4-3-5-8-12/h11-13H,3-10H2,1-2H3. The molecule has 90 valence electrons. The lowest BCUT2D eigenvalue weighted by Crippen LogP contribution is -2.26. The van der Waals surface area contributed by atoms with Crippen LogP contribution in [0.2, 0.25) is 0 Å². The Kier molecular flexibility index (Phi) is 6.50. The second-order valence-electron chi connectivity index (χ2n) is 4.81. The molecule has 1 rings (SSSR count). The summed E-state index contributed by atoms with van der Waals surface area (Å²) in [6.07, 6.45) is 7.39. The van der Waals surface area contributed by atoms with Crippen LogP contribution in [0.4, 0.5) is 0 Å². The molecule has 15 heavy (non-hydrogen) atoms. The molecule has 3 heteroatoms. The fraction of sp³-hybridized carbons (Fsp3) is 1.00. The van der Waals surface area contributed by atoms with Crippen molar-refractivity contribution in [2.45, 2.75) is 63.7 Å². The molecule has 0 amide bonds. The van der Waals surface area contributed by atoms with Crippen molar-refractivity contribution in [2.75, 3.05) is 12.3 Å². The van der Waals surface area contributed by atoms with Gasteiger partial charge in [-0.3, -0.25) is 4.21 Å². The van der Waals surface area contributed by atoms with E-state index in [1.54, 1.807) is 0 Å². The van der Waals surface area contributed by atoms with Crippen LogP contribution < -0.4 is 5.32 Å². The summed E-state index contributed by atoms with van der Waals surface area (Å²) in [4.78, 5) is 0. The summed E-state index contributed by atoms with van der Waals surface area (Å²) in [5, 5.41) is 3.88. The Morgan fingerprint density at radius 3 is 2.53 bits per heavy atom. The topological polar surface area (TPSA) is 29.1 Å². The van der Waals surface area contributed by atoms with Gasteiger partial charge in [0.05, 0.1) is 0 Å². The third kappa shape index (κ3) is 5.67. The molecule has 1 aliphatic rings. The maximum absolute atomic E-state index is 11.9. The van der Waals surface area contributed by atoms with E-state index in [1.807, 2.05) is 0 Å². The van der Waals surface area contributed by atoms with Crippen LogP contribution in [0.15, 0.2) is 0 Å². The zero-order valence-corrected chi connectivity index (χ0v) is 10.9. The van der Waals surface area contributed by atoms with E-state index in [9.17, 15) is 4.21 Å². The highest BCUT2D eigenvalue weighted by Gasteiger charge is 2.18. The summed E-state index contributed by atoms with van der Waals surface area (Å²) in [5.41, 5.74) is 0. The predicted octanol–water partition coefficient (Wildman–Crippen LogP) is 2.46. The van der Waals surface area contributed by atoms with E-state index in [0.717, 1.165) is 18.7 Å². The van der Waals surface area contributed by atoms with E-state index in [1.165, 1.54) is 32.1 Å². The lowest BCUT2D eigenvalue weighted by atomic mass is 10.0. The molecule has 0 aromatic rings. The lowest BCUT2D eigenvalue weighted by molar-refractivity contribution is 0.503. The van der Waals surface area contributed by atoms with E-state index < -0.39 is 10.8 Å². The fourth-order valence-corrected chi connectivity index (χ4v) is 3.72. The van der Waals surface area contributed by atoms with Crippen molar-refractivity contribution in [3.05, 3.63) is 0 Å². The summed E-state index contributed by atoms with van der Waals surface area (Å²) in [6.45, 7) is 5.31. The van der Waals surface area contributed by atoms with Gasteiger partial charge in [-0.2, -0.15) is 0 Å². The van der Waals surface area contributed by atoms with Gasteiger partial charge in [-0.15, -0.1) is 0 Å². The SMILES string of the molecule is CC(C)NCCCS(=O)C1CCCCC1. The van der Waals surface area contributed by atoms with Crippen LogP contribution in [0.25, 0.3) is 0 Å². The van der Waals surface area contributed by atoms with E-state index in [2.05, 4.69) is 19.2 Å². The molecule has 1 unspecified atom stereocenters. The molecule has 0 aromatic heterocycles. The van der Waals surface area contributed by atoms with Crippen LogP contribution in [-0.4, -0.2) is 27.8 Å². The van der Waals surface area contributed by atoms with Crippen molar-refractivity contribution in [2.24, 2.45) is 0 Å². The number of rotatable bonds is 6. The Morgan fingerprint density at radius 1 is 1.27 bits per heavy atom. The highest BCUT2D eigenvalue weighted by Crippen LogP contribution is 2.22. The summed E-state index contributed by atoms with van der Waals surface area (Å²) in [7, 11) is -0.561. The molecule has 2 nitrogen and oxygen atoms in total. The summed E-state index contributed by atoms with van der Waals surface area (Å²) >= 11 is 0. The number of hydrogen-bond acceptors (Lipinski definition) is 2. The molecule has 0 spiro atoms. The first-order valence-electron chi connectivity index (χ1n) is 6.30. The normalized spacial score (nSPS) is 20.7. The minimum Gasteiger partial charge on any atom is -0.315 e. The highest BCUT2D eigenvalue weighted by atomic mass is 32.2. The maximum atomic E-state index is 11.9. The van der Waals surface area contributed by atoms with Crippen molar-refractivity contribution >= 4 is 10.8 Å². The van der Waals surface area contributed by atoms with E-state index in [-0.39, 0.29) is 0 Å². The zero-order chi connectivity index (χ0) is 11.1. The van der Waals surface area contributed by atoms with Gasteiger partial charge in [-0.25, -0.2) is 0 Å². The van der Waals surface area contributed by atoms with Crippen LogP contribution >= 0.6 is 0 Å². The molecule has 0 aliphatic heterocycles. The van der Waals surface area contributed by atoms with Gasteiger partial charge in [-0.05, 0) is 25.8 Å². The van der Waals surface area contributed by atoms with Crippen molar-refractivity contribution in [1.82, 2.24) is 5.32 Å². The minimum atomic E-state index is -0.561. The number of hydrogen-bond donors (Lipinski definition) is 1. The zero-order valence-electron chi connectivity index (χ0n) is 10.1. The van der Waals surface area contributed by atoms with Gasteiger partial charge in [0.25, 0.3) is 0 Å². The van der Waals surface area contributed by atoms with Crippen molar-refractivity contribution in [3.8, 4) is 0 Å². The first kappa shape index (κ1) is 13.2. The Morgan fingerprint density at radius 2 is 1.93 bits per heavy atom. The van der Waals surface area contributed by atoms with Crippen LogP contribution in [-0.2, 0) is 10.8 Å². The second-order valence-corrected chi connectivity index (χ2v) is 6.64. The molecular formula is C12H25NOS. The van der Waals surface area contributed by atoms with Crippen LogP contribution in [0.3, 0.4) is 0 Å². The molecule has 0 radical (unpaired) electrons. The first-order valence-corrected chi connectivity index (χ1v) is 7.69. The largest absolute Gasteiger partial charge is 0.315 e. The second kappa shape index (κ2) is 7.39. The minimum absolute atomic E-state index is 0.512. The van der Waals surface area contributed by atoms with E-state index in [0.29, 0.717) is 11.3 Å². The molecule has 0 saturated heterocycles. The predicted molar refractivity (Wildman–Crippen MR) is 67.6 cm³/mol. The Hall–Kier alpha value is 0.110. The Labute approximate surface area is 96.7 Å². The fourth-order valence-electron chi connectivity index (χ4n) is 2.10. The van der Waals surface area contributed by atoms with Crippen molar-refractivity contribution < 1.29 is 4.21 Å². The van der Waals surface area contributed by atoms with Gasteiger partial charge >= 0.3 is 0 Å². The Balaban J connectivity index is 2.07. The van der Waals surface area contributed by atoms with Crippen LogP contribution in [0.5, 0.6) is 0 Å². The van der Waals surface area contributed by atoms with Crippen LogP contribution in [0.1, 0.15) is 52.4 Å². The third-order valence-corrected chi connectivity index (χ3v) is 4.90. The molecule has 1 saturated carbocycles. The number of nitrogens with one attached hydrogen (secondary N) is 1. The molecule has 0 aromatic carbocycles. The molecular weight excluding hydrogens is 206 g/mol. The monoisotopic (exact) mass is 231 g/mol. The maximum Gasteiger partial charge on any atom is 0.0348 e. The summed E-state index contributed by atoms with van der Waals surface area (Å²) < 4.78 is 11.9. The van der Waals surface area contributed by atoms with E-state index >= 15 is 0 Å². The van der Waals surface area contributed by atoms with Crippen molar-refractivity contribution in [1.29, 1.82) is 0 Å². The van der Waals surface area contributed by atoms with Gasteiger partial charge in [0.2, 0.25) is 0 Å². The van der Waals surface area contributed by atoms with Crippen molar-refractivity contribution in [3.63, 3.8) is 0 Å². The summed E-state index contributed by atoms with van der Waals surface area (Å²) in [5.74, 6) is 0.893. The quantitative estimate of drug-likeness (QED) is 0.712. The van der Waals surface area contributed by atoms with Gasteiger partial charge in [0.15, 0.2) is 0 Å². The van der Waals surface area contributed by atoms with Gasteiger partial charge in [0, 0.05) is 27.8 Å². The average Bonchev–Trinajstić information content (AvgIpc) is 2.25. The highest BCUT2D eigenvalue weighted by molar-refractivity contribution is 7.85. The first-order chi connectivity index (χ1) is 7.20. The van der Waals surface area contributed by atoms with Gasteiger partial charge < -0.3 is 5.32 Å². The molecule has 0 bridgehead atoms. The van der Waals surface area contributed by atoms with Crippen LogP contribution in [0, 0.1) is 0 Å². The molecule has 1 N–H and O–H groups in total.